The van der Waals surface area contributed by atoms with E-state index in [9.17, 15) is 9.79 Å². The summed E-state index contributed by atoms with van der Waals surface area (Å²) in [7, 11) is -3.18. The molecule has 19 heavy (non-hydrogen) atoms. The van der Waals surface area contributed by atoms with Gasteiger partial charge in [0.1, 0.15) is 0 Å². The van der Waals surface area contributed by atoms with Crippen LogP contribution in [-0.4, -0.2) is 16.9 Å². The Morgan fingerprint density at radius 1 is 0.737 bits per heavy atom. The van der Waals surface area contributed by atoms with Gasteiger partial charge in [-0.05, 0) is 0 Å². The Labute approximate surface area is 113 Å². The summed E-state index contributed by atoms with van der Waals surface area (Å²) < 4.78 is 5.22. The van der Waals surface area contributed by atoms with Crippen molar-refractivity contribution in [2.24, 2.45) is 0 Å². The molecule has 0 atom stereocenters. The molecule has 0 unspecified atom stereocenters. The monoisotopic (exact) mass is 278 g/mol. The van der Waals surface area contributed by atoms with E-state index in [2.05, 4.69) is 0 Å². The van der Waals surface area contributed by atoms with Crippen LogP contribution in [0.4, 0.5) is 0 Å². The number of aryl methyl sites for hydroxylation is 2. The maximum absolute atomic E-state index is 10.9. The molecule has 0 amide bonds. The molecule has 3 nitrogen and oxygen atoms in total. The Morgan fingerprint density at radius 2 is 1.05 bits per heavy atom. The molecule has 0 heterocycles. The Kier molecular flexibility index (Phi) is 3.50. The van der Waals surface area contributed by atoms with Crippen molar-refractivity contribution in [1.29, 1.82) is 0 Å². The first-order valence-corrected chi connectivity index (χ1v) is 8.14. The zero-order chi connectivity index (χ0) is 14.1. The predicted octanol–water partition coefficient (Wildman–Crippen LogP) is 2.18. The van der Waals surface area contributed by atoms with Crippen molar-refractivity contribution in [1.82, 2.24) is 0 Å². The summed E-state index contributed by atoms with van der Waals surface area (Å²) in [6, 6.07) is 14.2. The summed E-state index contributed by atoms with van der Waals surface area (Å²) in [5, 5.41) is 0.811. The Hall–Kier alpha value is -1.25. The van der Waals surface area contributed by atoms with E-state index in [-0.39, 0.29) is 0 Å². The average molecular weight is 278 g/mol. The van der Waals surface area contributed by atoms with Gasteiger partial charge in [-0.2, -0.15) is 0 Å². The summed E-state index contributed by atoms with van der Waals surface area (Å²) in [6.45, 7) is 3.90. The van der Waals surface area contributed by atoms with Crippen LogP contribution in [0.2, 0.25) is 0 Å². The van der Waals surface area contributed by atoms with Crippen LogP contribution in [0.25, 0.3) is 0 Å². The molecule has 0 radical (unpaired) electrons. The van der Waals surface area contributed by atoms with Crippen molar-refractivity contribution < 1.29 is 14.3 Å². The van der Waals surface area contributed by atoms with Gasteiger partial charge >= 0.3 is 113 Å². The van der Waals surface area contributed by atoms with Gasteiger partial charge in [-0.25, -0.2) is 0 Å². The normalized spacial score (nSPS) is 13.8. The summed E-state index contributed by atoms with van der Waals surface area (Å²) >= 11 is 0. The van der Waals surface area contributed by atoms with Crippen LogP contribution in [0.15, 0.2) is 48.5 Å². The van der Waals surface area contributed by atoms with Crippen LogP contribution < -0.4 is 10.6 Å². The molecular weight excluding hydrogens is 259 g/mol. The molecule has 0 bridgehead atoms. The molecule has 0 aromatic heterocycles. The molecule has 2 N–H and O–H groups in total. The van der Waals surface area contributed by atoms with Crippen LogP contribution in [0, 0.1) is 13.8 Å². The summed E-state index contributed by atoms with van der Waals surface area (Å²) in [4.78, 5) is 21.7. The zero-order valence-electron chi connectivity index (χ0n) is 11.4. The van der Waals surface area contributed by atoms with Crippen molar-refractivity contribution in [2.75, 3.05) is 7.11 Å². The predicted molar refractivity (Wildman–Crippen MR) is 80.0 cm³/mol. The molecular formula is C15H19O3P. The molecule has 0 saturated carbocycles. The van der Waals surface area contributed by atoms with Gasteiger partial charge in [0, 0.05) is 0 Å². The minimum atomic E-state index is -4.51. The molecule has 2 aromatic rings. The number of hydrogen-bond donors (Lipinski definition) is 2. The van der Waals surface area contributed by atoms with Crippen molar-refractivity contribution in [3.05, 3.63) is 59.7 Å². The average Bonchev–Trinajstić information content (AvgIpc) is 2.40. The van der Waals surface area contributed by atoms with Gasteiger partial charge in [0.2, 0.25) is 0 Å². The SMILES string of the molecule is COP(O)(O)(c1ccc(C)cc1)c1ccc(C)cc1. The molecule has 0 spiro atoms. The van der Waals surface area contributed by atoms with Crippen LogP contribution in [-0.2, 0) is 4.52 Å². The third kappa shape index (κ3) is 2.43. The summed E-state index contributed by atoms with van der Waals surface area (Å²) in [6.07, 6.45) is 0. The van der Waals surface area contributed by atoms with Crippen LogP contribution in [0.1, 0.15) is 11.1 Å². The van der Waals surface area contributed by atoms with Crippen LogP contribution in [0.5, 0.6) is 0 Å². The molecule has 4 heteroatoms. The first-order chi connectivity index (χ1) is 8.85. The summed E-state index contributed by atoms with van der Waals surface area (Å²) in [5.41, 5.74) is 2.12. The van der Waals surface area contributed by atoms with Crippen molar-refractivity contribution in [2.45, 2.75) is 13.8 Å². The fourth-order valence-electron chi connectivity index (χ4n) is 1.99. The molecule has 0 fully saturated rings. The fourth-order valence-corrected chi connectivity index (χ4v) is 4.08. The van der Waals surface area contributed by atoms with Crippen molar-refractivity contribution in [3.63, 3.8) is 0 Å². The van der Waals surface area contributed by atoms with E-state index in [0.717, 1.165) is 11.1 Å². The molecule has 0 aliphatic heterocycles. The third-order valence-electron chi connectivity index (χ3n) is 3.34. The third-order valence-corrected chi connectivity index (χ3v) is 6.49. The van der Waals surface area contributed by atoms with Crippen molar-refractivity contribution in [3.8, 4) is 0 Å². The van der Waals surface area contributed by atoms with Gasteiger partial charge < -0.3 is 0 Å². The van der Waals surface area contributed by atoms with Crippen LogP contribution >= 0.6 is 7.28 Å². The standard InChI is InChI=1S/C15H19O3P/c1-12-4-8-14(9-5-12)19(16,17,18-3)15-10-6-13(2)7-11-15/h4-11,16-17H,1-3H3. The Bertz CT molecular complexity index is 524. The zero-order valence-corrected chi connectivity index (χ0v) is 12.3. The second kappa shape index (κ2) is 4.69. The first kappa shape index (κ1) is 14.2. The molecule has 0 aliphatic carbocycles. The Morgan fingerprint density at radius 3 is 1.32 bits per heavy atom. The molecule has 2 rings (SSSR count). The van der Waals surface area contributed by atoms with Gasteiger partial charge in [-0.15, -0.1) is 0 Å². The van der Waals surface area contributed by atoms with Gasteiger partial charge in [-0.3, -0.25) is 0 Å². The molecule has 2 aromatic carbocycles. The van der Waals surface area contributed by atoms with Gasteiger partial charge in [0.05, 0.1) is 0 Å². The first-order valence-electron chi connectivity index (χ1n) is 6.08. The van der Waals surface area contributed by atoms with Gasteiger partial charge in [0.25, 0.3) is 0 Å². The van der Waals surface area contributed by atoms with E-state index in [4.69, 9.17) is 4.52 Å². The number of hydrogen-bond acceptors (Lipinski definition) is 3. The van der Waals surface area contributed by atoms with Gasteiger partial charge in [-0.1, -0.05) is 0 Å². The second-order valence-corrected chi connectivity index (χ2v) is 8.09. The van der Waals surface area contributed by atoms with E-state index in [1.54, 1.807) is 24.3 Å². The quantitative estimate of drug-likeness (QED) is 0.846. The van der Waals surface area contributed by atoms with Crippen molar-refractivity contribution >= 4 is 17.9 Å². The fraction of sp³-hybridized carbons (Fsp3) is 0.200. The molecule has 0 aliphatic rings. The summed E-state index contributed by atoms with van der Waals surface area (Å²) in [5.74, 6) is 0. The van der Waals surface area contributed by atoms with E-state index >= 15 is 0 Å². The van der Waals surface area contributed by atoms with E-state index in [0.29, 0.717) is 10.6 Å². The number of rotatable bonds is 3. The molecule has 102 valence electrons. The van der Waals surface area contributed by atoms with E-state index in [1.807, 2.05) is 38.1 Å². The number of benzene rings is 2. The topological polar surface area (TPSA) is 49.7 Å². The maximum atomic E-state index is 10.9. The minimum absolute atomic E-state index is 0.406. The van der Waals surface area contributed by atoms with E-state index < -0.39 is 7.28 Å². The van der Waals surface area contributed by atoms with E-state index in [1.165, 1.54) is 7.11 Å². The second-order valence-electron chi connectivity index (χ2n) is 4.80. The van der Waals surface area contributed by atoms with Crippen LogP contribution in [0.3, 0.4) is 0 Å². The van der Waals surface area contributed by atoms with Gasteiger partial charge in [0.15, 0.2) is 0 Å². The molecule has 0 saturated heterocycles. The Balaban J connectivity index is 2.62.